The number of methoxy groups -OCH3 is 2. The molecule has 0 saturated heterocycles. The summed E-state index contributed by atoms with van der Waals surface area (Å²) in [7, 11) is 3.28. The van der Waals surface area contributed by atoms with Crippen molar-refractivity contribution < 1.29 is 23.7 Å². The van der Waals surface area contributed by atoms with Crippen LogP contribution in [0.5, 0.6) is 28.9 Å². The maximum absolute atomic E-state index is 6.27. The average molecular weight is 449 g/mol. The largest absolute Gasteiger partial charge is 0.493 e. The summed E-state index contributed by atoms with van der Waals surface area (Å²) in [6.45, 7) is 7.87. The van der Waals surface area contributed by atoms with Gasteiger partial charge in [-0.05, 0) is 42.7 Å². The second-order valence-corrected chi connectivity index (χ2v) is 7.93. The summed E-state index contributed by atoms with van der Waals surface area (Å²) in [5, 5.41) is 4.92. The summed E-state index contributed by atoms with van der Waals surface area (Å²) in [6.07, 6.45) is 0. The predicted molar refractivity (Wildman–Crippen MR) is 129 cm³/mol. The Labute approximate surface area is 192 Å². The van der Waals surface area contributed by atoms with Crippen molar-refractivity contribution in [2.24, 2.45) is 0 Å². The van der Waals surface area contributed by atoms with Crippen LogP contribution in [0.3, 0.4) is 0 Å². The normalized spacial score (nSPS) is 12.8. The Morgan fingerprint density at radius 1 is 0.848 bits per heavy atom. The fraction of sp³-hybridized carbons (Fsp3) is 0.346. The number of rotatable bonds is 8. The topological polar surface area (TPSA) is 62.3 Å². The second-order valence-electron chi connectivity index (χ2n) is 7.93. The van der Waals surface area contributed by atoms with Gasteiger partial charge in [0.2, 0.25) is 12.7 Å². The molecule has 4 aromatic rings. The van der Waals surface area contributed by atoms with Crippen molar-refractivity contribution in [3.8, 4) is 28.9 Å². The molecule has 0 atom stereocenters. The highest BCUT2D eigenvalue weighted by Gasteiger charge is 2.19. The van der Waals surface area contributed by atoms with E-state index in [2.05, 4.69) is 30.9 Å². The molecule has 0 spiro atoms. The molecule has 1 aliphatic rings. The number of hydrogen-bond donors (Lipinski definition) is 0. The highest BCUT2D eigenvalue weighted by molar-refractivity contribution is 6.17. The Kier molecular flexibility index (Phi) is 5.72. The molecule has 0 amide bonds. The molecule has 0 radical (unpaired) electrons. The van der Waals surface area contributed by atoms with Crippen molar-refractivity contribution in [3.63, 3.8) is 0 Å². The summed E-state index contributed by atoms with van der Waals surface area (Å²) in [5.74, 6) is 3.37. The smallest absolute Gasteiger partial charge is 0.231 e. The first-order chi connectivity index (χ1) is 16.2. The van der Waals surface area contributed by atoms with Crippen LogP contribution in [0.15, 0.2) is 36.4 Å². The van der Waals surface area contributed by atoms with Crippen LogP contribution in [0.25, 0.3) is 32.4 Å². The van der Waals surface area contributed by atoms with E-state index in [9.17, 15) is 0 Å². The van der Waals surface area contributed by atoms with Gasteiger partial charge in [0.05, 0.1) is 19.7 Å². The van der Waals surface area contributed by atoms with Gasteiger partial charge in [0, 0.05) is 28.1 Å². The fourth-order valence-electron chi connectivity index (χ4n) is 4.40. The SMILES string of the molecule is CCN(CC)CCOc1nc2c3cc4c(cc3ccc2c2cc(OC)c(OC)cc12)OCO4. The van der Waals surface area contributed by atoms with E-state index in [1.54, 1.807) is 14.2 Å². The highest BCUT2D eigenvalue weighted by Crippen LogP contribution is 2.43. The van der Waals surface area contributed by atoms with E-state index >= 15 is 0 Å². The maximum atomic E-state index is 6.27. The molecule has 0 aliphatic carbocycles. The minimum Gasteiger partial charge on any atom is -0.493 e. The molecular weight excluding hydrogens is 420 g/mol. The molecule has 0 saturated carbocycles. The monoisotopic (exact) mass is 448 g/mol. The molecule has 3 aromatic carbocycles. The number of aromatic nitrogens is 1. The van der Waals surface area contributed by atoms with Gasteiger partial charge in [-0.3, -0.25) is 0 Å². The lowest BCUT2D eigenvalue weighted by atomic mass is 10.0. The second kappa shape index (κ2) is 8.83. The van der Waals surface area contributed by atoms with Gasteiger partial charge in [0.15, 0.2) is 23.0 Å². The number of nitrogens with zero attached hydrogens (tertiary/aromatic N) is 2. The van der Waals surface area contributed by atoms with E-state index in [4.69, 9.17) is 28.7 Å². The van der Waals surface area contributed by atoms with Crippen molar-refractivity contribution in [2.75, 3.05) is 47.3 Å². The number of ether oxygens (including phenoxy) is 5. The van der Waals surface area contributed by atoms with Crippen LogP contribution >= 0.6 is 0 Å². The van der Waals surface area contributed by atoms with Gasteiger partial charge in [-0.15, -0.1) is 0 Å². The lowest BCUT2D eigenvalue weighted by Gasteiger charge is -2.19. The summed E-state index contributed by atoms with van der Waals surface area (Å²) in [4.78, 5) is 7.33. The molecule has 2 heterocycles. The standard InChI is InChI=1S/C26H28N2O5/c1-5-28(6-2)9-10-31-26-20-14-22(30-4)21(29-3)13-19(20)17-8-7-16-11-23-24(33-15-32-23)12-18(16)25(17)27-26/h7-8,11-14H,5-6,9-10,15H2,1-4H3. The number of likely N-dealkylation sites (N-methyl/N-ethyl adjacent to an activating group) is 1. The summed E-state index contributed by atoms with van der Waals surface area (Å²) in [6, 6.07) is 12.1. The van der Waals surface area contributed by atoms with E-state index in [1.165, 1.54) is 0 Å². The third kappa shape index (κ3) is 3.72. The van der Waals surface area contributed by atoms with Crippen LogP contribution in [0.4, 0.5) is 0 Å². The number of fused-ring (bicyclic) bond motifs is 6. The minimum absolute atomic E-state index is 0.233. The highest BCUT2D eigenvalue weighted by atomic mass is 16.7. The Hall–Kier alpha value is -3.45. The zero-order valence-corrected chi connectivity index (χ0v) is 19.4. The summed E-state index contributed by atoms with van der Waals surface area (Å²) in [5.41, 5.74) is 0.850. The van der Waals surface area contributed by atoms with Crippen LogP contribution < -0.4 is 23.7 Å². The minimum atomic E-state index is 0.233. The number of pyridine rings is 1. The molecule has 172 valence electrons. The van der Waals surface area contributed by atoms with E-state index in [0.29, 0.717) is 24.0 Å². The number of hydrogen-bond acceptors (Lipinski definition) is 7. The zero-order valence-electron chi connectivity index (χ0n) is 19.4. The summed E-state index contributed by atoms with van der Waals surface area (Å²) < 4.78 is 28.6. The van der Waals surface area contributed by atoms with Crippen molar-refractivity contribution in [1.29, 1.82) is 0 Å². The van der Waals surface area contributed by atoms with Gasteiger partial charge >= 0.3 is 0 Å². The predicted octanol–water partition coefficient (Wildman–Crippen LogP) is 5.01. The summed E-state index contributed by atoms with van der Waals surface area (Å²) >= 11 is 0. The van der Waals surface area contributed by atoms with Crippen LogP contribution in [0.1, 0.15) is 13.8 Å². The Bertz CT molecular complexity index is 1330. The van der Waals surface area contributed by atoms with Crippen LogP contribution in [-0.2, 0) is 0 Å². The van der Waals surface area contributed by atoms with Gasteiger partial charge in [-0.2, -0.15) is 0 Å². The third-order valence-corrected chi connectivity index (χ3v) is 6.28. The first kappa shape index (κ1) is 21.4. The maximum Gasteiger partial charge on any atom is 0.231 e. The molecule has 1 aromatic heterocycles. The molecule has 0 bridgehead atoms. The first-order valence-corrected chi connectivity index (χ1v) is 11.2. The van der Waals surface area contributed by atoms with Gasteiger partial charge < -0.3 is 28.6 Å². The Balaban J connectivity index is 1.73. The molecule has 33 heavy (non-hydrogen) atoms. The van der Waals surface area contributed by atoms with E-state index in [-0.39, 0.29) is 6.79 Å². The lowest BCUT2D eigenvalue weighted by molar-refractivity contribution is 0.174. The van der Waals surface area contributed by atoms with E-state index in [1.807, 2.05) is 24.3 Å². The van der Waals surface area contributed by atoms with Crippen molar-refractivity contribution >= 4 is 32.4 Å². The quantitative estimate of drug-likeness (QED) is 0.351. The first-order valence-electron chi connectivity index (χ1n) is 11.2. The van der Waals surface area contributed by atoms with Gasteiger partial charge in [0.25, 0.3) is 0 Å². The fourth-order valence-corrected chi connectivity index (χ4v) is 4.40. The molecule has 7 heteroatoms. The molecular formula is C26H28N2O5. The molecule has 0 fully saturated rings. The van der Waals surface area contributed by atoms with E-state index in [0.717, 1.165) is 63.6 Å². The van der Waals surface area contributed by atoms with E-state index < -0.39 is 0 Å². The number of benzene rings is 3. The molecule has 0 unspecified atom stereocenters. The van der Waals surface area contributed by atoms with Gasteiger partial charge in [-0.25, -0.2) is 4.98 Å². The molecule has 7 nitrogen and oxygen atoms in total. The molecule has 5 rings (SSSR count). The Morgan fingerprint density at radius 3 is 2.24 bits per heavy atom. The van der Waals surface area contributed by atoms with Gasteiger partial charge in [-0.1, -0.05) is 26.0 Å². The Morgan fingerprint density at radius 2 is 1.55 bits per heavy atom. The molecule has 1 aliphatic heterocycles. The van der Waals surface area contributed by atoms with Crippen LogP contribution in [0.2, 0.25) is 0 Å². The zero-order chi connectivity index (χ0) is 22.9. The molecule has 0 N–H and O–H groups in total. The van der Waals surface area contributed by atoms with Gasteiger partial charge in [0.1, 0.15) is 6.61 Å². The van der Waals surface area contributed by atoms with Crippen LogP contribution in [-0.4, -0.2) is 57.1 Å². The van der Waals surface area contributed by atoms with Crippen LogP contribution in [0, 0.1) is 0 Å². The lowest BCUT2D eigenvalue weighted by Crippen LogP contribution is -2.28. The van der Waals surface area contributed by atoms with Crippen molar-refractivity contribution in [3.05, 3.63) is 36.4 Å². The van der Waals surface area contributed by atoms with Crippen molar-refractivity contribution in [2.45, 2.75) is 13.8 Å². The average Bonchev–Trinajstić information content (AvgIpc) is 3.31. The third-order valence-electron chi connectivity index (χ3n) is 6.28. The van der Waals surface area contributed by atoms with Crippen molar-refractivity contribution in [1.82, 2.24) is 9.88 Å².